The fraction of sp³-hybridized carbons (Fsp3) is 0.188. The summed E-state index contributed by atoms with van der Waals surface area (Å²) in [6.45, 7) is 1.39. The number of hydrogen-bond donors (Lipinski definition) is 2. The lowest BCUT2D eigenvalue weighted by Crippen LogP contribution is -2.33. The topological polar surface area (TPSA) is 50.4 Å². The van der Waals surface area contributed by atoms with Crippen LogP contribution in [0, 0.1) is 0 Å². The number of halogens is 1. The molecule has 2 aromatic carbocycles. The third-order valence-electron chi connectivity index (χ3n) is 2.91. The Morgan fingerprint density at radius 1 is 1.00 bits per heavy atom. The fourth-order valence-corrected chi connectivity index (χ4v) is 2.07. The Labute approximate surface area is 128 Å². The van der Waals surface area contributed by atoms with Crippen molar-refractivity contribution in [1.29, 1.82) is 0 Å². The molecule has 0 bridgehead atoms. The quantitative estimate of drug-likeness (QED) is 0.653. The lowest BCUT2D eigenvalue weighted by atomic mass is 10.1. The van der Waals surface area contributed by atoms with Crippen molar-refractivity contribution in [3.05, 3.63) is 70.2 Å². The predicted molar refractivity (Wildman–Crippen MR) is 87.6 cm³/mol. The predicted octanol–water partition coefficient (Wildman–Crippen LogP) is 3.10. The van der Waals surface area contributed by atoms with Crippen LogP contribution in [-0.2, 0) is 13.0 Å². The molecule has 0 atom stereocenters. The first-order valence-electron chi connectivity index (χ1n) is 6.56. The SMILES string of the molecule is NC(=NCc1ccc(Br)cc1)NCCc1ccccc1. The zero-order chi connectivity index (χ0) is 14.2. The molecule has 0 aliphatic heterocycles. The van der Waals surface area contributed by atoms with Gasteiger partial charge in [-0.15, -0.1) is 0 Å². The van der Waals surface area contributed by atoms with E-state index in [1.54, 1.807) is 0 Å². The molecule has 4 heteroatoms. The van der Waals surface area contributed by atoms with Crippen LogP contribution in [0.5, 0.6) is 0 Å². The number of aliphatic imine (C=N–C) groups is 1. The second-order valence-corrected chi connectivity index (χ2v) is 5.41. The molecule has 0 aliphatic carbocycles. The van der Waals surface area contributed by atoms with Gasteiger partial charge in [0.15, 0.2) is 5.96 Å². The minimum Gasteiger partial charge on any atom is -0.370 e. The summed E-state index contributed by atoms with van der Waals surface area (Å²) in [5, 5.41) is 3.13. The molecular formula is C16H18BrN3. The van der Waals surface area contributed by atoms with Crippen LogP contribution < -0.4 is 11.1 Å². The highest BCUT2D eigenvalue weighted by atomic mass is 79.9. The van der Waals surface area contributed by atoms with Crippen LogP contribution in [0.2, 0.25) is 0 Å². The Balaban J connectivity index is 1.75. The lowest BCUT2D eigenvalue weighted by Gasteiger charge is -2.06. The third-order valence-corrected chi connectivity index (χ3v) is 3.44. The van der Waals surface area contributed by atoms with Gasteiger partial charge in [0.1, 0.15) is 0 Å². The smallest absolute Gasteiger partial charge is 0.188 e. The molecule has 20 heavy (non-hydrogen) atoms. The summed E-state index contributed by atoms with van der Waals surface area (Å²) in [5.74, 6) is 0.490. The molecule has 0 heterocycles. The summed E-state index contributed by atoms with van der Waals surface area (Å²) < 4.78 is 1.07. The zero-order valence-electron chi connectivity index (χ0n) is 11.2. The van der Waals surface area contributed by atoms with Crippen molar-refractivity contribution in [2.24, 2.45) is 10.7 Å². The average molecular weight is 332 g/mol. The van der Waals surface area contributed by atoms with E-state index in [9.17, 15) is 0 Å². The lowest BCUT2D eigenvalue weighted by molar-refractivity contribution is 0.848. The summed E-state index contributed by atoms with van der Waals surface area (Å²) in [6, 6.07) is 18.4. The molecule has 104 valence electrons. The molecule has 0 unspecified atom stereocenters. The van der Waals surface area contributed by atoms with E-state index in [2.05, 4.69) is 38.4 Å². The van der Waals surface area contributed by atoms with E-state index in [4.69, 9.17) is 5.73 Å². The van der Waals surface area contributed by atoms with Crippen molar-refractivity contribution in [1.82, 2.24) is 5.32 Å². The molecule has 0 saturated heterocycles. The molecule has 0 aromatic heterocycles. The standard InChI is InChI=1S/C16H18BrN3/c17-15-8-6-14(7-9-15)12-20-16(18)19-11-10-13-4-2-1-3-5-13/h1-9H,10-12H2,(H3,18,19,20). The highest BCUT2D eigenvalue weighted by Crippen LogP contribution is 2.10. The summed E-state index contributed by atoms with van der Waals surface area (Å²) in [4.78, 5) is 4.32. The second kappa shape index (κ2) is 7.70. The molecule has 3 nitrogen and oxygen atoms in total. The van der Waals surface area contributed by atoms with E-state index in [1.165, 1.54) is 5.56 Å². The van der Waals surface area contributed by atoms with Crippen LogP contribution in [0.15, 0.2) is 64.1 Å². The summed E-state index contributed by atoms with van der Waals surface area (Å²) in [7, 11) is 0. The van der Waals surface area contributed by atoms with Crippen LogP contribution in [0.3, 0.4) is 0 Å². The largest absolute Gasteiger partial charge is 0.370 e. The first-order chi connectivity index (χ1) is 9.74. The number of guanidine groups is 1. The first kappa shape index (κ1) is 14.6. The van der Waals surface area contributed by atoms with Gasteiger partial charge in [0.2, 0.25) is 0 Å². The van der Waals surface area contributed by atoms with Gasteiger partial charge in [0, 0.05) is 11.0 Å². The van der Waals surface area contributed by atoms with Crippen molar-refractivity contribution in [2.45, 2.75) is 13.0 Å². The van der Waals surface area contributed by atoms with Gasteiger partial charge in [-0.1, -0.05) is 58.4 Å². The van der Waals surface area contributed by atoms with Crippen LogP contribution in [0.1, 0.15) is 11.1 Å². The summed E-state index contributed by atoms with van der Waals surface area (Å²) in [5.41, 5.74) is 8.28. The molecule has 0 aliphatic rings. The van der Waals surface area contributed by atoms with Crippen molar-refractivity contribution in [2.75, 3.05) is 6.54 Å². The van der Waals surface area contributed by atoms with Gasteiger partial charge in [-0.25, -0.2) is 4.99 Å². The molecule has 2 rings (SSSR count). The van der Waals surface area contributed by atoms with Gasteiger partial charge < -0.3 is 11.1 Å². The maximum absolute atomic E-state index is 5.85. The summed E-state index contributed by atoms with van der Waals surface area (Å²) >= 11 is 3.41. The molecule has 3 N–H and O–H groups in total. The normalized spacial score (nSPS) is 11.3. The number of rotatable bonds is 5. The Bertz CT molecular complexity index is 550. The van der Waals surface area contributed by atoms with E-state index in [0.717, 1.165) is 23.0 Å². The van der Waals surface area contributed by atoms with Gasteiger partial charge in [-0.05, 0) is 29.7 Å². The van der Waals surface area contributed by atoms with Gasteiger partial charge in [0.05, 0.1) is 6.54 Å². The van der Waals surface area contributed by atoms with Crippen molar-refractivity contribution < 1.29 is 0 Å². The van der Waals surface area contributed by atoms with E-state index in [0.29, 0.717) is 12.5 Å². The molecule has 0 radical (unpaired) electrons. The molecule has 0 amide bonds. The maximum Gasteiger partial charge on any atom is 0.188 e. The highest BCUT2D eigenvalue weighted by Gasteiger charge is 1.95. The Morgan fingerprint density at radius 3 is 2.40 bits per heavy atom. The minimum atomic E-state index is 0.490. The Hall–Kier alpha value is -1.81. The maximum atomic E-state index is 5.85. The number of nitrogens with two attached hydrogens (primary N) is 1. The highest BCUT2D eigenvalue weighted by molar-refractivity contribution is 9.10. The number of nitrogens with zero attached hydrogens (tertiary/aromatic N) is 1. The van der Waals surface area contributed by atoms with Gasteiger partial charge >= 0.3 is 0 Å². The monoisotopic (exact) mass is 331 g/mol. The fourth-order valence-electron chi connectivity index (χ4n) is 1.80. The molecule has 0 spiro atoms. The molecule has 2 aromatic rings. The second-order valence-electron chi connectivity index (χ2n) is 4.49. The number of benzene rings is 2. The number of hydrogen-bond acceptors (Lipinski definition) is 1. The number of nitrogens with one attached hydrogen (secondary N) is 1. The van der Waals surface area contributed by atoms with Crippen LogP contribution >= 0.6 is 15.9 Å². The third kappa shape index (κ3) is 5.05. The Morgan fingerprint density at radius 2 is 1.70 bits per heavy atom. The van der Waals surface area contributed by atoms with Gasteiger partial charge in [-0.2, -0.15) is 0 Å². The Kier molecular flexibility index (Phi) is 5.62. The van der Waals surface area contributed by atoms with Crippen LogP contribution in [0.25, 0.3) is 0 Å². The van der Waals surface area contributed by atoms with E-state index in [-0.39, 0.29) is 0 Å². The van der Waals surface area contributed by atoms with Crippen molar-refractivity contribution in [3.8, 4) is 0 Å². The average Bonchev–Trinajstić information content (AvgIpc) is 2.48. The molecule has 0 saturated carbocycles. The minimum absolute atomic E-state index is 0.490. The van der Waals surface area contributed by atoms with Crippen LogP contribution in [-0.4, -0.2) is 12.5 Å². The van der Waals surface area contributed by atoms with Crippen molar-refractivity contribution >= 4 is 21.9 Å². The van der Waals surface area contributed by atoms with E-state index in [1.807, 2.05) is 42.5 Å². The molecule has 0 fully saturated rings. The van der Waals surface area contributed by atoms with Crippen LogP contribution in [0.4, 0.5) is 0 Å². The summed E-state index contributed by atoms with van der Waals surface area (Å²) in [6.07, 6.45) is 0.940. The van der Waals surface area contributed by atoms with E-state index < -0.39 is 0 Å². The van der Waals surface area contributed by atoms with Gasteiger partial charge in [-0.3, -0.25) is 0 Å². The van der Waals surface area contributed by atoms with E-state index >= 15 is 0 Å². The molecular weight excluding hydrogens is 314 g/mol. The zero-order valence-corrected chi connectivity index (χ0v) is 12.8. The van der Waals surface area contributed by atoms with Crippen molar-refractivity contribution in [3.63, 3.8) is 0 Å². The first-order valence-corrected chi connectivity index (χ1v) is 7.35. The van der Waals surface area contributed by atoms with Gasteiger partial charge in [0.25, 0.3) is 0 Å².